The molecular formula is C15H22F3N3O. The Kier molecular flexibility index (Phi) is 6.16. The molecule has 4 nitrogen and oxygen atoms in total. The van der Waals surface area contributed by atoms with E-state index in [0.717, 1.165) is 18.4 Å². The molecule has 0 saturated carbocycles. The van der Waals surface area contributed by atoms with Crippen LogP contribution in [0.15, 0.2) is 24.5 Å². The van der Waals surface area contributed by atoms with Crippen LogP contribution in [0.2, 0.25) is 0 Å². The minimum Gasteiger partial charge on any atom is -0.387 e. The van der Waals surface area contributed by atoms with E-state index in [-0.39, 0.29) is 12.6 Å². The number of likely N-dealkylation sites (tertiary alicyclic amines) is 1. The van der Waals surface area contributed by atoms with Gasteiger partial charge in [-0.15, -0.1) is 0 Å². The third-order valence-corrected chi connectivity index (χ3v) is 3.99. The summed E-state index contributed by atoms with van der Waals surface area (Å²) in [4.78, 5) is 5.76. The number of hydrogen-bond donors (Lipinski definition) is 2. The van der Waals surface area contributed by atoms with Crippen LogP contribution in [-0.4, -0.2) is 53.4 Å². The Balaban J connectivity index is 1.65. The number of nitrogens with zero attached hydrogens (tertiary/aromatic N) is 2. The Morgan fingerprint density at radius 2 is 1.91 bits per heavy atom. The quantitative estimate of drug-likeness (QED) is 0.844. The van der Waals surface area contributed by atoms with Gasteiger partial charge in [-0.3, -0.25) is 4.98 Å². The van der Waals surface area contributed by atoms with Crippen LogP contribution in [0.25, 0.3) is 0 Å². The fraction of sp³-hybridized carbons (Fsp3) is 0.667. The minimum atomic E-state index is -4.08. The number of aliphatic hydroxyl groups is 1. The van der Waals surface area contributed by atoms with E-state index in [9.17, 15) is 18.3 Å². The molecule has 2 N–H and O–H groups in total. The van der Waals surface area contributed by atoms with E-state index in [1.807, 2.05) is 4.90 Å². The average molecular weight is 317 g/mol. The Bertz CT molecular complexity index is 433. The molecule has 22 heavy (non-hydrogen) atoms. The molecule has 1 unspecified atom stereocenters. The zero-order chi connectivity index (χ0) is 16.0. The Morgan fingerprint density at radius 1 is 1.27 bits per heavy atom. The topological polar surface area (TPSA) is 48.4 Å². The summed E-state index contributed by atoms with van der Waals surface area (Å²) >= 11 is 0. The van der Waals surface area contributed by atoms with E-state index in [4.69, 9.17) is 0 Å². The average Bonchev–Trinajstić information content (AvgIpc) is 2.52. The smallest absolute Gasteiger partial charge is 0.387 e. The molecule has 1 aliphatic heterocycles. The zero-order valence-electron chi connectivity index (χ0n) is 12.4. The van der Waals surface area contributed by atoms with Crippen LogP contribution in [-0.2, 0) is 0 Å². The maximum absolute atomic E-state index is 12.2. The van der Waals surface area contributed by atoms with Crippen molar-refractivity contribution in [2.45, 2.75) is 37.6 Å². The van der Waals surface area contributed by atoms with E-state index in [0.29, 0.717) is 19.6 Å². The number of piperidine rings is 1. The van der Waals surface area contributed by atoms with Crippen molar-refractivity contribution in [1.29, 1.82) is 0 Å². The van der Waals surface area contributed by atoms with Gasteiger partial charge < -0.3 is 15.3 Å². The molecule has 0 aromatic carbocycles. The summed E-state index contributed by atoms with van der Waals surface area (Å²) in [7, 11) is 0. The van der Waals surface area contributed by atoms with E-state index >= 15 is 0 Å². The van der Waals surface area contributed by atoms with Gasteiger partial charge in [0.2, 0.25) is 0 Å². The molecule has 124 valence electrons. The molecule has 1 aromatic rings. The largest absolute Gasteiger partial charge is 0.390 e. The van der Waals surface area contributed by atoms with Gasteiger partial charge in [-0.05, 0) is 43.6 Å². The molecule has 0 spiro atoms. The number of hydrogen-bond acceptors (Lipinski definition) is 4. The van der Waals surface area contributed by atoms with Gasteiger partial charge in [-0.25, -0.2) is 0 Å². The first-order chi connectivity index (χ1) is 10.4. The number of nitrogens with one attached hydrogen (secondary N) is 1. The normalized spacial score (nSPS) is 19.3. The summed E-state index contributed by atoms with van der Waals surface area (Å²) in [6, 6.07) is 3.79. The van der Waals surface area contributed by atoms with Gasteiger partial charge in [0.05, 0.1) is 12.5 Å². The Labute approximate surface area is 128 Å². The number of aromatic nitrogens is 1. The summed E-state index contributed by atoms with van der Waals surface area (Å²) in [6.45, 7) is 1.85. The molecular weight excluding hydrogens is 295 g/mol. The summed E-state index contributed by atoms with van der Waals surface area (Å²) in [6.07, 6.45) is -0.529. The van der Waals surface area contributed by atoms with Gasteiger partial charge in [-0.1, -0.05) is 0 Å². The molecule has 1 aromatic heterocycles. The molecule has 2 rings (SSSR count). The van der Waals surface area contributed by atoms with Crippen LogP contribution in [0, 0.1) is 0 Å². The fourth-order valence-electron chi connectivity index (χ4n) is 2.63. The maximum Gasteiger partial charge on any atom is 0.390 e. The van der Waals surface area contributed by atoms with Crippen molar-refractivity contribution in [2.75, 3.05) is 26.2 Å². The fourth-order valence-corrected chi connectivity index (χ4v) is 2.63. The van der Waals surface area contributed by atoms with Crippen LogP contribution in [0.3, 0.4) is 0 Å². The molecule has 0 bridgehead atoms. The first-order valence-corrected chi connectivity index (χ1v) is 7.54. The van der Waals surface area contributed by atoms with Crippen LogP contribution >= 0.6 is 0 Å². The van der Waals surface area contributed by atoms with Crippen molar-refractivity contribution in [3.05, 3.63) is 30.1 Å². The second kappa shape index (κ2) is 7.89. The lowest BCUT2D eigenvalue weighted by Gasteiger charge is -2.33. The van der Waals surface area contributed by atoms with Crippen LogP contribution in [0.1, 0.15) is 30.9 Å². The van der Waals surface area contributed by atoms with Gasteiger partial charge in [0, 0.05) is 31.5 Å². The van der Waals surface area contributed by atoms with Crippen molar-refractivity contribution < 1.29 is 18.3 Å². The monoisotopic (exact) mass is 317 g/mol. The number of aliphatic hydroxyl groups excluding tert-OH is 1. The van der Waals surface area contributed by atoms with Crippen molar-refractivity contribution in [1.82, 2.24) is 15.2 Å². The predicted molar refractivity (Wildman–Crippen MR) is 77.3 cm³/mol. The van der Waals surface area contributed by atoms with Crippen LogP contribution in [0.5, 0.6) is 0 Å². The summed E-state index contributed by atoms with van der Waals surface area (Å²) in [5.74, 6) is 0. The second-order valence-electron chi connectivity index (χ2n) is 5.69. The molecule has 1 saturated heterocycles. The Hall–Kier alpha value is -1.18. The lowest BCUT2D eigenvalue weighted by molar-refractivity contribution is -0.138. The van der Waals surface area contributed by atoms with Crippen LogP contribution in [0.4, 0.5) is 13.2 Å². The van der Waals surface area contributed by atoms with Crippen LogP contribution < -0.4 is 5.32 Å². The van der Waals surface area contributed by atoms with E-state index in [2.05, 4.69) is 10.3 Å². The third kappa shape index (κ3) is 5.90. The highest BCUT2D eigenvalue weighted by Crippen LogP contribution is 2.21. The summed E-state index contributed by atoms with van der Waals surface area (Å²) in [5, 5.41) is 13.3. The van der Waals surface area contributed by atoms with Gasteiger partial charge in [0.25, 0.3) is 0 Å². The number of halogens is 3. The lowest BCUT2D eigenvalue weighted by atomic mass is 10.0. The second-order valence-corrected chi connectivity index (χ2v) is 5.69. The first kappa shape index (κ1) is 17.2. The highest BCUT2D eigenvalue weighted by atomic mass is 19.4. The molecule has 0 aliphatic carbocycles. The number of rotatable bonds is 6. The van der Waals surface area contributed by atoms with Crippen molar-refractivity contribution in [2.24, 2.45) is 0 Å². The lowest BCUT2D eigenvalue weighted by Crippen LogP contribution is -2.44. The summed E-state index contributed by atoms with van der Waals surface area (Å²) < 4.78 is 36.6. The third-order valence-electron chi connectivity index (χ3n) is 3.99. The highest BCUT2D eigenvalue weighted by Gasteiger charge is 2.29. The van der Waals surface area contributed by atoms with E-state index < -0.39 is 18.7 Å². The predicted octanol–water partition coefficient (Wildman–Crippen LogP) is 2.12. The standard InChI is InChI=1S/C15H22F3N3O/c16-15(17,18)5-10-21-8-3-13(4-9-21)20-11-14(22)12-1-6-19-7-2-12/h1-2,6-7,13-14,20,22H,3-5,8-11H2. The molecule has 0 radical (unpaired) electrons. The van der Waals surface area contributed by atoms with Gasteiger partial charge in [0.15, 0.2) is 0 Å². The molecule has 1 fully saturated rings. The molecule has 2 heterocycles. The molecule has 1 atom stereocenters. The van der Waals surface area contributed by atoms with E-state index in [1.165, 1.54) is 0 Å². The number of alkyl halides is 3. The first-order valence-electron chi connectivity index (χ1n) is 7.54. The van der Waals surface area contributed by atoms with Gasteiger partial charge in [0.1, 0.15) is 0 Å². The highest BCUT2D eigenvalue weighted by molar-refractivity contribution is 5.13. The molecule has 7 heteroatoms. The van der Waals surface area contributed by atoms with Gasteiger partial charge in [-0.2, -0.15) is 13.2 Å². The van der Waals surface area contributed by atoms with Crippen molar-refractivity contribution >= 4 is 0 Å². The number of pyridine rings is 1. The van der Waals surface area contributed by atoms with Gasteiger partial charge >= 0.3 is 6.18 Å². The zero-order valence-corrected chi connectivity index (χ0v) is 12.4. The molecule has 0 amide bonds. The van der Waals surface area contributed by atoms with Crippen molar-refractivity contribution in [3.63, 3.8) is 0 Å². The Morgan fingerprint density at radius 3 is 2.50 bits per heavy atom. The van der Waals surface area contributed by atoms with E-state index in [1.54, 1.807) is 24.5 Å². The molecule has 1 aliphatic rings. The van der Waals surface area contributed by atoms with Crippen molar-refractivity contribution in [3.8, 4) is 0 Å². The minimum absolute atomic E-state index is 0.0792. The summed E-state index contributed by atoms with van der Waals surface area (Å²) in [5.41, 5.74) is 0.810. The SMILES string of the molecule is OC(CNC1CCN(CCC(F)(F)F)CC1)c1ccncc1. The maximum atomic E-state index is 12.2.